The van der Waals surface area contributed by atoms with Crippen LogP contribution in [0.2, 0.25) is 0 Å². The zero-order valence-electron chi connectivity index (χ0n) is 12.9. The summed E-state index contributed by atoms with van der Waals surface area (Å²) in [5.41, 5.74) is 0. The Balaban J connectivity index is 1.73. The van der Waals surface area contributed by atoms with Crippen molar-refractivity contribution in [3.8, 4) is 0 Å². The van der Waals surface area contributed by atoms with E-state index in [4.69, 9.17) is 9.84 Å². The van der Waals surface area contributed by atoms with Crippen molar-refractivity contribution in [2.75, 3.05) is 20.3 Å². The van der Waals surface area contributed by atoms with Gasteiger partial charge in [-0.15, -0.1) is 0 Å². The summed E-state index contributed by atoms with van der Waals surface area (Å²) < 4.78 is 5.23. The Morgan fingerprint density at radius 3 is 2.57 bits per heavy atom. The van der Waals surface area contributed by atoms with E-state index in [1.165, 1.54) is 32.1 Å². The minimum Gasteiger partial charge on any atom is -0.481 e. The third-order valence-electron chi connectivity index (χ3n) is 4.99. The molecular formula is C16H27NO4. The lowest BCUT2D eigenvalue weighted by Gasteiger charge is -2.27. The predicted molar refractivity (Wildman–Crippen MR) is 78.9 cm³/mol. The Morgan fingerprint density at radius 1 is 1.19 bits per heavy atom. The molecule has 1 saturated carbocycles. The first kappa shape index (κ1) is 16.3. The minimum absolute atomic E-state index is 0.0487. The molecular weight excluding hydrogens is 270 g/mol. The van der Waals surface area contributed by atoms with Gasteiger partial charge in [0.1, 0.15) is 5.92 Å². The number of carbonyl (C=O) groups excluding carboxylic acids is 1. The number of amides is 1. The Kier molecular flexibility index (Phi) is 6.03. The average Bonchev–Trinajstić information content (AvgIpc) is 2.97. The fourth-order valence-corrected chi connectivity index (χ4v) is 3.54. The van der Waals surface area contributed by atoms with Crippen LogP contribution in [0.3, 0.4) is 0 Å². The first-order chi connectivity index (χ1) is 10.1. The van der Waals surface area contributed by atoms with Gasteiger partial charge in [0.2, 0.25) is 5.91 Å². The highest BCUT2D eigenvalue weighted by atomic mass is 16.5. The van der Waals surface area contributed by atoms with Crippen molar-refractivity contribution in [2.45, 2.75) is 57.4 Å². The van der Waals surface area contributed by atoms with Crippen LogP contribution in [0.1, 0.15) is 51.4 Å². The third kappa shape index (κ3) is 4.43. The molecule has 2 atom stereocenters. The lowest BCUT2D eigenvalue weighted by molar-refractivity contribution is -0.144. The Labute approximate surface area is 126 Å². The quantitative estimate of drug-likeness (QED) is 0.817. The Morgan fingerprint density at radius 2 is 1.90 bits per heavy atom. The topological polar surface area (TPSA) is 66.8 Å². The van der Waals surface area contributed by atoms with Crippen LogP contribution in [0.5, 0.6) is 0 Å². The van der Waals surface area contributed by atoms with E-state index in [-0.39, 0.29) is 18.6 Å². The van der Waals surface area contributed by atoms with E-state index in [2.05, 4.69) is 0 Å². The standard InChI is InChI=1S/C16H27NO4/c1-17(14-11-21-10-13(14)16(19)20)15(18)9-5-8-12-6-3-2-4-7-12/h12-14H,2-11H2,1H3,(H,19,20). The van der Waals surface area contributed by atoms with Crippen LogP contribution in [0, 0.1) is 11.8 Å². The van der Waals surface area contributed by atoms with Gasteiger partial charge < -0.3 is 14.7 Å². The normalized spacial score (nSPS) is 26.7. The molecule has 1 N–H and O–H groups in total. The van der Waals surface area contributed by atoms with Gasteiger partial charge in [0.15, 0.2) is 0 Å². The molecule has 0 aromatic rings. The lowest BCUT2D eigenvalue weighted by atomic mass is 9.86. The lowest BCUT2D eigenvalue weighted by Crippen LogP contribution is -2.44. The van der Waals surface area contributed by atoms with Crippen molar-refractivity contribution in [3.63, 3.8) is 0 Å². The van der Waals surface area contributed by atoms with Gasteiger partial charge in [-0.1, -0.05) is 32.1 Å². The summed E-state index contributed by atoms with van der Waals surface area (Å²) in [5, 5.41) is 9.14. The molecule has 2 fully saturated rings. The fourth-order valence-electron chi connectivity index (χ4n) is 3.54. The molecule has 2 unspecified atom stereocenters. The number of hydrogen-bond donors (Lipinski definition) is 1. The van der Waals surface area contributed by atoms with Crippen LogP contribution in [0.25, 0.3) is 0 Å². The van der Waals surface area contributed by atoms with Crippen molar-refractivity contribution in [3.05, 3.63) is 0 Å². The molecule has 21 heavy (non-hydrogen) atoms. The first-order valence-corrected chi connectivity index (χ1v) is 8.16. The van der Waals surface area contributed by atoms with Gasteiger partial charge >= 0.3 is 5.97 Å². The second kappa shape index (κ2) is 7.78. The summed E-state index contributed by atoms with van der Waals surface area (Å²) in [4.78, 5) is 24.9. The molecule has 1 saturated heterocycles. The third-order valence-corrected chi connectivity index (χ3v) is 4.99. The number of aliphatic carboxylic acids is 1. The zero-order valence-corrected chi connectivity index (χ0v) is 12.9. The van der Waals surface area contributed by atoms with E-state index < -0.39 is 11.9 Å². The largest absolute Gasteiger partial charge is 0.481 e. The number of hydrogen-bond acceptors (Lipinski definition) is 3. The molecule has 2 rings (SSSR count). The van der Waals surface area contributed by atoms with Crippen molar-refractivity contribution in [1.82, 2.24) is 4.90 Å². The highest BCUT2D eigenvalue weighted by molar-refractivity contribution is 5.78. The van der Waals surface area contributed by atoms with Crippen LogP contribution in [-0.4, -0.2) is 48.2 Å². The maximum atomic E-state index is 12.2. The van der Waals surface area contributed by atoms with Gasteiger partial charge in [0.05, 0.1) is 19.3 Å². The molecule has 5 heteroatoms. The van der Waals surface area contributed by atoms with Gasteiger partial charge in [0.25, 0.3) is 0 Å². The van der Waals surface area contributed by atoms with E-state index >= 15 is 0 Å². The van der Waals surface area contributed by atoms with Crippen LogP contribution >= 0.6 is 0 Å². The van der Waals surface area contributed by atoms with E-state index in [1.807, 2.05) is 0 Å². The average molecular weight is 297 g/mol. The summed E-state index contributed by atoms with van der Waals surface area (Å²) in [6.07, 6.45) is 9.20. The predicted octanol–water partition coefficient (Wildman–Crippen LogP) is 2.29. The molecule has 1 heterocycles. The highest BCUT2D eigenvalue weighted by Crippen LogP contribution is 2.28. The summed E-state index contributed by atoms with van der Waals surface area (Å²) in [5.74, 6) is -0.623. The summed E-state index contributed by atoms with van der Waals surface area (Å²) in [6, 6.07) is -0.315. The molecule has 0 bridgehead atoms. The molecule has 1 amide bonds. The van der Waals surface area contributed by atoms with Crippen molar-refractivity contribution < 1.29 is 19.4 Å². The van der Waals surface area contributed by atoms with Crippen LogP contribution < -0.4 is 0 Å². The SMILES string of the molecule is CN(C(=O)CCCC1CCCCC1)C1COCC1C(=O)O. The van der Waals surface area contributed by atoms with E-state index in [0.717, 1.165) is 18.8 Å². The molecule has 0 aromatic heterocycles. The second-order valence-electron chi connectivity index (χ2n) is 6.45. The Hall–Kier alpha value is -1.10. The summed E-state index contributed by atoms with van der Waals surface area (Å²) in [7, 11) is 1.71. The minimum atomic E-state index is -0.876. The number of carboxylic acids is 1. The molecule has 0 radical (unpaired) electrons. The van der Waals surface area contributed by atoms with E-state index in [1.54, 1.807) is 11.9 Å². The number of carboxylic acid groups (broad SMARTS) is 1. The molecule has 0 aromatic carbocycles. The van der Waals surface area contributed by atoms with E-state index in [9.17, 15) is 9.59 Å². The number of rotatable bonds is 6. The molecule has 1 aliphatic heterocycles. The van der Waals surface area contributed by atoms with Gasteiger partial charge in [-0.3, -0.25) is 9.59 Å². The van der Waals surface area contributed by atoms with Crippen LogP contribution in [0.4, 0.5) is 0 Å². The maximum absolute atomic E-state index is 12.2. The molecule has 120 valence electrons. The number of carbonyl (C=O) groups is 2. The van der Waals surface area contributed by atoms with Gasteiger partial charge in [-0.25, -0.2) is 0 Å². The highest BCUT2D eigenvalue weighted by Gasteiger charge is 2.38. The van der Waals surface area contributed by atoms with Crippen LogP contribution in [-0.2, 0) is 14.3 Å². The maximum Gasteiger partial charge on any atom is 0.311 e. The summed E-state index contributed by atoms with van der Waals surface area (Å²) >= 11 is 0. The fraction of sp³-hybridized carbons (Fsp3) is 0.875. The summed E-state index contributed by atoms with van der Waals surface area (Å²) in [6.45, 7) is 0.543. The molecule has 2 aliphatic rings. The smallest absolute Gasteiger partial charge is 0.311 e. The van der Waals surface area contributed by atoms with Crippen LogP contribution in [0.15, 0.2) is 0 Å². The molecule has 0 spiro atoms. The van der Waals surface area contributed by atoms with Gasteiger partial charge in [-0.05, 0) is 18.8 Å². The van der Waals surface area contributed by atoms with Gasteiger partial charge in [-0.2, -0.15) is 0 Å². The monoisotopic (exact) mass is 297 g/mol. The van der Waals surface area contributed by atoms with Crippen molar-refractivity contribution in [1.29, 1.82) is 0 Å². The number of ether oxygens (including phenoxy) is 1. The number of likely N-dealkylation sites (N-methyl/N-ethyl adjacent to an activating group) is 1. The Bertz CT molecular complexity index is 365. The van der Waals surface area contributed by atoms with Gasteiger partial charge in [0, 0.05) is 13.5 Å². The number of nitrogens with zero attached hydrogens (tertiary/aromatic N) is 1. The van der Waals surface area contributed by atoms with Crippen molar-refractivity contribution in [2.24, 2.45) is 11.8 Å². The van der Waals surface area contributed by atoms with E-state index in [0.29, 0.717) is 13.0 Å². The zero-order chi connectivity index (χ0) is 15.2. The second-order valence-corrected chi connectivity index (χ2v) is 6.45. The molecule has 5 nitrogen and oxygen atoms in total. The van der Waals surface area contributed by atoms with Crippen molar-refractivity contribution >= 4 is 11.9 Å². The molecule has 1 aliphatic carbocycles. The first-order valence-electron chi connectivity index (χ1n) is 8.16.